The van der Waals surface area contributed by atoms with E-state index in [0.717, 1.165) is 19.1 Å². The molecule has 1 saturated carbocycles. The maximum Gasteiger partial charge on any atom is 0.236 e. The van der Waals surface area contributed by atoms with Crippen LogP contribution < -0.4 is 11.1 Å². The zero-order chi connectivity index (χ0) is 14.5. The van der Waals surface area contributed by atoms with Crippen LogP contribution >= 0.6 is 12.4 Å². The van der Waals surface area contributed by atoms with E-state index in [2.05, 4.69) is 12.2 Å². The summed E-state index contributed by atoms with van der Waals surface area (Å²) >= 11 is 0. The molecule has 3 N–H and O–H groups in total. The monoisotopic (exact) mass is 326 g/mol. The summed E-state index contributed by atoms with van der Waals surface area (Å²) in [4.78, 5) is 11.8. The first kappa shape index (κ1) is 19.7. The van der Waals surface area contributed by atoms with Gasteiger partial charge in [0.15, 0.2) is 0 Å². The minimum absolute atomic E-state index is 0. The Labute approximate surface area is 128 Å². The summed E-state index contributed by atoms with van der Waals surface area (Å²) in [7, 11) is -3.06. The van der Waals surface area contributed by atoms with Crippen molar-refractivity contribution >= 4 is 28.2 Å². The van der Waals surface area contributed by atoms with Gasteiger partial charge in [0.25, 0.3) is 0 Å². The fraction of sp³-hybridized carbons (Fsp3) is 0.923. The summed E-state index contributed by atoms with van der Waals surface area (Å²) < 4.78 is 22.1. The number of amides is 1. The molecule has 1 rings (SSSR count). The summed E-state index contributed by atoms with van der Waals surface area (Å²) in [5, 5.41) is 2.89. The van der Waals surface area contributed by atoms with Gasteiger partial charge < -0.3 is 11.1 Å². The molecule has 120 valence electrons. The third kappa shape index (κ3) is 6.41. The standard InChI is InChI=1S/C13H26N2O3S.ClH/c1-3-6-13(7-4-8-13)10-15-12(16)11(14)5-9-19(2,17)18;/h11H,3-10,14H2,1-2H3,(H,15,16);1H. The highest BCUT2D eigenvalue weighted by atomic mass is 35.5. The van der Waals surface area contributed by atoms with Gasteiger partial charge in [-0.05, 0) is 31.1 Å². The van der Waals surface area contributed by atoms with Crippen LogP contribution in [-0.2, 0) is 14.6 Å². The molecule has 1 atom stereocenters. The number of halogens is 1. The van der Waals surface area contributed by atoms with E-state index >= 15 is 0 Å². The molecule has 1 unspecified atom stereocenters. The summed E-state index contributed by atoms with van der Waals surface area (Å²) in [5.41, 5.74) is 5.98. The smallest absolute Gasteiger partial charge is 0.236 e. The van der Waals surface area contributed by atoms with Crippen molar-refractivity contribution in [2.24, 2.45) is 11.1 Å². The molecular weight excluding hydrogens is 300 g/mol. The van der Waals surface area contributed by atoms with E-state index < -0.39 is 15.9 Å². The lowest BCUT2D eigenvalue weighted by atomic mass is 9.66. The summed E-state index contributed by atoms with van der Waals surface area (Å²) in [5.74, 6) is -0.271. The predicted molar refractivity (Wildman–Crippen MR) is 83.8 cm³/mol. The molecule has 1 amide bonds. The molecule has 5 nitrogen and oxygen atoms in total. The maximum absolute atomic E-state index is 11.8. The molecule has 0 heterocycles. The van der Waals surface area contributed by atoms with Crippen LogP contribution in [0.1, 0.15) is 45.4 Å². The number of nitrogens with one attached hydrogen (secondary N) is 1. The minimum atomic E-state index is -3.06. The van der Waals surface area contributed by atoms with E-state index in [1.165, 1.54) is 19.3 Å². The Morgan fingerprint density at radius 1 is 1.40 bits per heavy atom. The fourth-order valence-corrected chi connectivity index (χ4v) is 3.28. The quantitative estimate of drug-likeness (QED) is 0.702. The topological polar surface area (TPSA) is 89.3 Å². The van der Waals surface area contributed by atoms with Gasteiger partial charge >= 0.3 is 0 Å². The molecule has 0 aromatic carbocycles. The van der Waals surface area contributed by atoms with Gasteiger partial charge in [-0.2, -0.15) is 0 Å². The second-order valence-corrected chi connectivity index (χ2v) is 8.11. The Hall–Kier alpha value is -0.330. The lowest BCUT2D eigenvalue weighted by Gasteiger charge is -2.42. The zero-order valence-corrected chi connectivity index (χ0v) is 14.0. The SMILES string of the molecule is CCCC1(CNC(=O)C(N)CCS(C)(=O)=O)CCC1.Cl. The molecule has 0 radical (unpaired) electrons. The van der Waals surface area contributed by atoms with Crippen LogP contribution in [-0.4, -0.2) is 38.9 Å². The molecule has 1 fully saturated rings. The molecule has 0 spiro atoms. The van der Waals surface area contributed by atoms with Crippen molar-refractivity contribution < 1.29 is 13.2 Å². The molecule has 1 aliphatic rings. The molecular formula is C13H27ClN2O3S. The Morgan fingerprint density at radius 3 is 2.40 bits per heavy atom. The first-order valence-corrected chi connectivity index (χ1v) is 9.05. The molecule has 7 heteroatoms. The van der Waals surface area contributed by atoms with Crippen LogP contribution in [0.5, 0.6) is 0 Å². The number of carbonyl (C=O) groups is 1. The summed E-state index contributed by atoms with van der Waals surface area (Å²) in [6, 6.07) is -0.728. The molecule has 1 aliphatic carbocycles. The van der Waals surface area contributed by atoms with E-state index in [9.17, 15) is 13.2 Å². The highest BCUT2D eigenvalue weighted by Crippen LogP contribution is 2.44. The van der Waals surface area contributed by atoms with Crippen molar-refractivity contribution in [1.29, 1.82) is 0 Å². The minimum Gasteiger partial charge on any atom is -0.354 e. The van der Waals surface area contributed by atoms with Gasteiger partial charge in [-0.1, -0.05) is 19.8 Å². The first-order chi connectivity index (χ1) is 8.78. The molecule has 0 saturated heterocycles. The van der Waals surface area contributed by atoms with Crippen LogP contribution in [0, 0.1) is 5.41 Å². The molecule has 0 aromatic heterocycles. The van der Waals surface area contributed by atoms with Crippen LogP contribution in [0.15, 0.2) is 0 Å². The lowest BCUT2D eigenvalue weighted by molar-refractivity contribution is -0.123. The maximum atomic E-state index is 11.8. The van der Waals surface area contributed by atoms with Crippen molar-refractivity contribution in [1.82, 2.24) is 5.32 Å². The molecule has 0 aromatic rings. The molecule has 0 aliphatic heterocycles. The van der Waals surface area contributed by atoms with E-state index in [0.29, 0.717) is 6.54 Å². The number of carbonyl (C=O) groups excluding carboxylic acids is 1. The highest BCUT2D eigenvalue weighted by molar-refractivity contribution is 7.90. The van der Waals surface area contributed by atoms with Crippen molar-refractivity contribution in [3.63, 3.8) is 0 Å². The van der Waals surface area contributed by atoms with Gasteiger partial charge in [-0.3, -0.25) is 4.79 Å². The average molecular weight is 327 g/mol. The van der Waals surface area contributed by atoms with Gasteiger partial charge in [0.2, 0.25) is 5.91 Å². The largest absolute Gasteiger partial charge is 0.354 e. The number of nitrogens with two attached hydrogens (primary N) is 1. The van der Waals surface area contributed by atoms with Crippen molar-refractivity contribution in [3.05, 3.63) is 0 Å². The van der Waals surface area contributed by atoms with Gasteiger partial charge in [-0.25, -0.2) is 8.42 Å². The number of hydrogen-bond donors (Lipinski definition) is 2. The van der Waals surface area contributed by atoms with Crippen molar-refractivity contribution in [2.45, 2.75) is 51.5 Å². The number of hydrogen-bond acceptors (Lipinski definition) is 4. The van der Waals surface area contributed by atoms with E-state index in [-0.39, 0.29) is 35.9 Å². The van der Waals surface area contributed by atoms with Crippen LogP contribution in [0.25, 0.3) is 0 Å². The van der Waals surface area contributed by atoms with Gasteiger partial charge in [0.05, 0.1) is 11.8 Å². The van der Waals surface area contributed by atoms with Gasteiger partial charge in [0.1, 0.15) is 9.84 Å². The molecule has 0 bridgehead atoms. The second-order valence-electron chi connectivity index (χ2n) is 5.85. The Morgan fingerprint density at radius 2 is 2.00 bits per heavy atom. The highest BCUT2D eigenvalue weighted by Gasteiger charge is 2.36. The summed E-state index contributed by atoms with van der Waals surface area (Å²) in [6.45, 7) is 2.83. The van der Waals surface area contributed by atoms with Crippen LogP contribution in [0.4, 0.5) is 0 Å². The van der Waals surface area contributed by atoms with Crippen LogP contribution in [0.2, 0.25) is 0 Å². The Bertz CT molecular complexity index is 408. The third-order valence-electron chi connectivity index (χ3n) is 3.97. The lowest BCUT2D eigenvalue weighted by Crippen LogP contribution is -2.48. The van der Waals surface area contributed by atoms with Crippen LogP contribution in [0.3, 0.4) is 0 Å². The average Bonchev–Trinajstić information content (AvgIpc) is 2.27. The van der Waals surface area contributed by atoms with Gasteiger partial charge in [-0.15, -0.1) is 12.4 Å². The first-order valence-electron chi connectivity index (χ1n) is 6.99. The molecule has 20 heavy (non-hydrogen) atoms. The third-order valence-corrected chi connectivity index (χ3v) is 4.95. The zero-order valence-electron chi connectivity index (χ0n) is 12.4. The summed E-state index contributed by atoms with van der Waals surface area (Å²) in [6.07, 6.45) is 7.16. The Kier molecular flexibility index (Phi) is 8.06. The predicted octanol–water partition coefficient (Wildman–Crippen LogP) is 1.26. The van der Waals surface area contributed by atoms with Crippen molar-refractivity contribution in [2.75, 3.05) is 18.6 Å². The number of rotatable bonds is 8. The number of sulfone groups is 1. The van der Waals surface area contributed by atoms with Crippen molar-refractivity contribution in [3.8, 4) is 0 Å². The van der Waals surface area contributed by atoms with E-state index in [1.54, 1.807) is 0 Å². The normalized spacial score (nSPS) is 18.6. The van der Waals surface area contributed by atoms with E-state index in [4.69, 9.17) is 5.73 Å². The second kappa shape index (κ2) is 8.20. The van der Waals surface area contributed by atoms with Gasteiger partial charge in [0, 0.05) is 12.8 Å². The van der Waals surface area contributed by atoms with E-state index in [1.807, 2.05) is 0 Å². The Balaban J connectivity index is 0.00000361. The fourth-order valence-electron chi connectivity index (χ4n) is 2.60.